The van der Waals surface area contributed by atoms with Gasteiger partial charge in [0.15, 0.2) is 11.5 Å². The Morgan fingerprint density at radius 3 is 2.25 bits per heavy atom. The van der Waals surface area contributed by atoms with Gasteiger partial charge in [0, 0.05) is 5.41 Å². The van der Waals surface area contributed by atoms with Gasteiger partial charge in [-0.25, -0.2) is 10.2 Å². The van der Waals surface area contributed by atoms with Crippen molar-refractivity contribution < 1.29 is 23.5 Å². The van der Waals surface area contributed by atoms with Crippen LogP contribution in [-0.4, -0.2) is 25.2 Å². The van der Waals surface area contributed by atoms with Gasteiger partial charge in [-0.15, -0.1) is 0 Å². The van der Waals surface area contributed by atoms with Crippen molar-refractivity contribution in [3.63, 3.8) is 0 Å². The molecule has 1 aliphatic rings. The highest BCUT2D eigenvalue weighted by Crippen LogP contribution is 2.58. The van der Waals surface area contributed by atoms with E-state index in [9.17, 15) is 9.59 Å². The van der Waals surface area contributed by atoms with Gasteiger partial charge in [-0.1, -0.05) is 60.7 Å². The van der Waals surface area contributed by atoms with E-state index >= 15 is 0 Å². The molecule has 1 fully saturated rings. The summed E-state index contributed by atoms with van der Waals surface area (Å²) in [6.07, 6.45) is 3.63. The summed E-state index contributed by atoms with van der Waals surface area (Å²) in [5, 5.41) is 4.16. The highest BCUT2D eigenvalue weighted by molar-refractivity contribution is 5.89. The van der Waals surface area contributed by atoms with Crippen molar-refractivity contribution in [3.05, 3.63) is 120 Å². The Hall–Kier alpha value is -4.65. The number of methoxy groups -OCH3 is 1. The number of benzene rings is 3. The molecule has 1 aliphatic carbocycles. The summed E-state index contributed by atoms with van der Waals surface area (Å²) >= 11 is 0. The number of hydrogen-bond acceptors (Lipinski definition) is 6. The van der Waals surface area contributed by atoms with E-state index in [1.165, 1.54) is 25.7 Å². The van der Waals surface area contributed by atoms with Gasteiger partial charge in [-0.3, -0.25) is 4.79 Å². The fourth-order valence-electron chi connectivity index (χ4n) is 4.50. The van der Waals surface area contributed by atoms with Crippen molar-refractivity contribution in [2.24, 2.45) is 11.0 Å². The lowest BCUT2D eigenvalue weighted by Gasteiger charge is -2.18. The van der Waals surface area contributed by atoms with Crippen LogP contribution in [0.2, 0.25) is 0 Å². The summed E-state index contributed by atoms with van der Waals surface area (Å²) < 4.78 is 15.8. The number of esters is 1. The maximum Gasteiger partial charge on any atom is 0.379 e. The number of hydrazone groups is 1. The lowest BCUT2D eigenvalue weighted by molar-refractivity contribution is -0.122. The predicted octanol–water partition coefficient (Wildman–Crippen LogP) is 4.96. The van der Waals surface area contributed by atoms with E-state index in [4.69, 9.17) is 13.9 Å². The van der Waals surface area contributed by atoms with Crippen LogP contribution in [-0.2, 0) is 10.2 Å². The molecule has 4 aromatic rings. The molecule has 0 bridgehead atoms. The van der Waals surface area contributed by atoms with Crippen molar-refractivity contribution in [1.82, 2.24) is 5.43 Å². The summed E-state index contributed by atoms with van der Waals surface area (Å²) in [6, 6.07) is 28.3. The first kappa shape index (κ1) is 23.1. The third-order valence-electron chi connectivity index (χ3n) is 6.36. The molecule has 5 rings (SSSR count). The smallest absolute Gasteiger partial charge is 0.379 e. The summed E-state index contributed by atoms with van der Waals surface area (Å²) in [7, 11) is 1.47. The Labute approximate surface area is 208 Å². The van der Waals surface area contributed by atoms with Crippen LogP contribution in [0.5, 0.6) is 11.5 Å². The van der Waals surface area contributed by atoms with E-state index in [-0.39, 0.29) is 28.7 Å². The Bertz CT molecular complexity index is 1340. The Morgan fingerprint density at radius 2 is 1.64 bits per heavy atom. The van der Waals surface area contributed by atoms with Crippen LogP contribution in [0, 0.1) is 5.92 Å². The zero-order chi connectivity index (χ0) is 25.0. The molecule has 0 unspecified atom stereocenters. The second kappa shape index (κ2) is 9.92. The molecule has 1 aromatic heterocycles. The minimum absolute atomic E-state index is 0.0903. The normalized spacial score (nSPS) is 15.9. The van der Waals surface area contributed by atoms with Crippen molar-refractivity contribution in [2.75, 3.05) is 7.11 Å². The molecule has 0 radical (unpaired) electrons. The van der Waals surface area contributed by atoms with Gasteiger partial charge in [-0.2, -0.15) is 5.10 Å². The Morgan fingerprint density at radius 1 is 0.944 bits per heavy atom. The molecular formula is C29H24N2O5. The number of nitrogens with zero attached hydrogens (tertiary/aromatic N) is 1. The first-order chi connectivity index (χ1) is 17.6. The van der Waals surface area contributed by atoms with Crippen molar-refractivity contribution in [3.8, 4) is 11.5 Å². The lowest BCUT2D eigenvalue weighted by atomic mass is 9.85. The average Bonchev–Trinajstić information content (AvgIpc) is 3.45. The summed E-state index contributed by atoms with van der Waals surface area (Å²) in [5.74, 6) is -0.315. The molecule has 0 aliphatic heterocycles. The largest absolute Gasteiger partial charge is 0.493 e. The molecule has 7 heteroatoms. The summed E-state index contributed by atoms with van der Waals surface area (Å²) in [6.45, 7) is 0. The van der Waals surface area contributed by atoms with Gasteiger partial charge >= 0.3 is 5.97 Å². The number of ether oxygens (including phenoxy) is 2. The van der Waals surface area contributed by atoms with Crippen molar-refractivity contribution >= 4 is 18.1 Å². The molecule has 1 atom stereocenters. The molecule has 1 heterocycles. The fraction of sp³-hybridized carbons (Fsp3) is 0.138. The molecule has 1 saturated carbocycles. The number of hydrogen-bond donors (Lipinski definition) is 1. The SMILES string of the molecule is COc1cc(/C=N\NC(=O)[C@@H]2CC2(c2ccccc2)c2ccccc2)ccc1OC(=O)c1ccco1. The van der Waals surface area contributed by atoms with E-state index in [2.05, 4.69) is 34.8 Å². The van der Waals surface area contributed by atoms with Crippen LogP contribution in [0.25, 0.3) is 0 Å². The summed E-state index contributed by atoms with van der Waals surface area (Å²) in [5.41, 5.74) is 5.22. The number of nitrogens with one attached hydrogen (secondary N) is 1. The first-order valence-electron chi connectivity index (χ1n) is 11.5. The highest BCUT2D eigenvalue weighted by atomic mass is 16.6. The highest BCUT2D eigenvalue weighted by Gasteiger charge is 2.60. The van der Waals surface area contributed by atoms with E-state index in [1.54, 1.807) is 24.3 Å². The molecule has 7 nitrogen and oxygen atoms in total. The van der Waals surface area contributed by atoms with Crippen LogP contribution >= 0.6 is 0 Å². The van der Waals surface area contributed by atoms with Gasteiger partial charge in [0.25, 0.3) is 0 Å². The van der Waals surface area contributed by atoms with Crippen LogP contribution in [0.1, 0.15) is 33.7 Å². The van der Waals surface area contributed by atoms with E-state index < -0.39 is 5.97 Å². The number of carbonyl (C=O) groups excluding carboxylic acids is 2. The van der Waals surface area contributed by atoms with Crippen molar-refractivity contribution in [1.29, 1.82) is 0 Å². The summed E-state index contributed by atoms with van der Waals surface area (Å²) in [4.78, 5) is 25.2. The lowest BCUT2D eigenvalue weighted by Crippen LogP contribution is -2.25. The van der Waals surface area contributed by atoms with E-state index in [1.807, 2.05) is 36.4 Å². The predicted molar refractivity (Wildman–Crippen MR) is 134 cm³/mol. The Balaban J connectivity index is 1.27. The van der Waals surface area contributed by atoms with Crippen LogP contribution in [0.3, 0.4) is 0 Å². The third-order valence-corrected chi connectivity index (χ3v) is 6.36. The molecule has 0 saturated heterocycles. The number of amides is 1. The third kappa shape index (κ3) is 4.51. The Kier molecular flexibility index (Phi) is 6.36. The van der Waals surface area contributed by atoms with Crippen LogP contribution in [0.4, 0.5) is 0 Å². The number of furan rings is 1. The van der Waals surface area contributed by atoms with Gasteiger partial charge in [0.05, 0.1) is 25.5 Å². The second-order valence-corrected chi connectivity index (χ2v) is 8.47. The average molecular weight is 481 g/mol. The standard InChI is InChI=1S/C29H24N2O5/c1-34-26-17-20(14-15-24(26)36-28(33)25-13-8-16-35-25)19-30-31-27(32)23-18-29(23,21-9-4-2-5-10-21)22-11-6-3-7-12-22/h2-17,19,23H,18H2,1H3,(H,31,32)/b30-19-/t23-/m0/s1. The van der Waals surface area contributed by atoms with Crippen LogP contribution < -0.4 is 14.9 Å². The second-order valence-electron chi connectivity index (χ2n) is 8.47. The maximum atomic E-state index is 13.1. The minimum atomic E-state index is -0.628. The van der Waals surface area contributed by atoms with Gasteiger partial charge in [-0.05, 0) is 53.4 Å². The van der Waals surface area contributed by atoms with Crippen LogP contribution in [0.15, 0.2) is 107 Å². The molecule has 36 heavy (non-hydrogen) atoms. The zero-order valence-electron chi connectivity index (χ0n) is 19.6. The fourth-order valence-corrected chi connectivity index (χ4v) is 4.50. The zero-order valence-corrected chi connectivity index (χ0v) is 19.6. The molecule has 180 valence electrons. The molecule has 0 spiro atoms. The van der Waals surface area contributed by atoms with E-state index in [0.717, 1.165) is 11.1 Å². The number of rotatable bonds is 8. The topological polar surface area (TPSA) is 90.1 Å². The first-order valence-corrected chi connectivity index (χ1v) is 11.5. The van der Waals surface area contributed by atoms with Crippen molar-refractivity contribution in [2.45, 2.75) is 11.8 Å². The minimum Gasteiger partial charge on any atom is -0.493 e. The van der Waals surface area contributed by atoms with Gasteiger partial charge in [0.2, 0.25) is 11.7 Å². The molecule has 1 N–H and O–H groups in total. The molecule has 1 amide bonds. The van der Waals surface area contributed by atoms with Gasteiger partial charge < -0.3 is 13.9 Å². The van der Waals surface area contributed by atoms with Gasteiger partial charge in [0.1, 0.15) is 0 Å². The molecular weight excluding hydrogens is 456 g/mol. The maximum absolute atomic E-state index is 13.1. The van der Waals surface area contributed by atoms with E-state index in [0.29, 0.717) is 17.7 Å². The number of carbonyl (C=O) groups is 2. The quantitative estimate of drug-likeness (QED) is 0.167. The monoisotopic (exact) mass is 480 g/mol. The molecule has 3 aromatic carbocycles.